The number of carbonyl (C=O) groups is 1. The van der Waals surface area contributed by atoms with E-state index >= 15 is 0 Å². The van der Waals surface area contributed by atoms with Crippen LogP contribution in [0.15, 0.2) is 24.3 Å². The molecule has 2 N–H and O–H groups in total. The van der Waals surface area contributed by atoms with Crippen molar-refractivity contribution in [2.75, 3.05) is 25.0 Å². The lowest BCUT2D eigenvalue weighted by molar-refractivity contribution is -0.115. The van der Waals surface area contributed by atoms with E-state index < -0.39 is 0 Å². The lowest BCUT2D eigenvalue weighted by Crippen LogP contribution is -2.28. The van der Waals surface area contributed by atoms with Crippen LogP contribution >= 0.6 is 0 Å². The molecule has 0 spiro atoms. The van der Waals surface area contributed by atoms with E-state index in [0.717, 1.165) is 24.4 Å². The van der Waals surface area contributed by atoms with Gasteiger partial charge in [-0.1, -0.05) is 32.6 Å². The smallest absolute Gasteiger partial charge is 0.238 e. The minimum absolute atomic E-state index is 0.00674. The molecule has 0 aromatic heterocycles. The molecular formula is C17H28N2O2. The van der Waals surface area contributed by atoms with Gasteiger partial charge < -0.3 is 15.4 Å². The Morgan fingerprint density at radius 2 is 1.76 bits per heavy atom. The maximum absolute atomic E-state index is 11.8. The third-order valence-electron chi connectivity index (χ3n) is 3.19. The zero-order valence-electron chi connectivity index (χ0n) is 13.3. The highest BCUT2D eigenvalue weighted by atomic mass is 16.5. The first-order valence-electron chi connectivity index (χ1n) is 7.99. The monoisotopic (exact) mass is 292 g/mol. The highest BCUT2D eigenvalue weighted by molar-refractivity contribution is 5.92. The van der Waals surface area contributed by atoms with Gasteiger partial charge in [-0.15, -0.1) is 0 Å². The molecule has 4 nitrogen and oxygen atoms in total. The van der Waals surface area contributed by atoms with Crippen molar-refractivity contribution in [2.24, 2.45) is 0 Å². The van der Waals surface area contributed by atoms with E-state index in [2.05, 4.69) is 17.6 Å². The maximum Gasteiger partial charge on any atom is 0.238 e. The van der Waals surface area contributed by atoms with Crippen LogP contribution < -0.4 is 15.4 Å². The van der Waals surface area contributed by atoms with Crippen molar-refractivity contribution in [1.82, 2.24) is 5.32 Å². The lowest BCUT2D eigenvalue weighted by Gasteiger charge is -2.08. The molecule has 0 aliphatic rings. The van der Waals surface area contributed by atoms with Gasteiger partial charge in [0.25, 0.3) is 0 Å². The summed E-state index contributed by atoms with van der Waals surface area (Å²) in [6, 6.07) is 7.43. The van der Waals surface area contributed by atoms with E-state index in [9.17, 15) is 4.79 Å². The Balaban J connectivity index is 2.12. The van der Waals surface area contributed by atoms with E-state index in [1.54, 1.807) is 0 Å². The summed E-state index contributed by atoms with van der Waals surface area (Å²) >= 11 is 0. The predicted molar refractivity (Wildman–Crippen MR) is 87.9 cm³/mol. The van der Waals surface area contributed by atoms with Crippen LogP contribution in [0, 0.1) is 0 Å². The van der Waals surface area contributed by atoms with Gasteiger partial charge in [-0.05, 0) is 44.2 Å². The number of carbonyl (C=O) groups excluding carboxylic acids is 1. The van der Waals surface area contributed by atoms with Crippen molar-refractivity contribution in [1.29, 1.82) is 0 Å². The number of nitrogens with one attached hydrogen (secondary N) is 2. The highest BCUT2D eigenvalue weighted by Crippen LogP contribution is 2.15. The molecule has 0 radical (unpaired) electrons. The van der Waals surface area contributed by atoms with E-state index in [1.165, 1.54) is 25.7 Å². The van der Waals surface area contributed by atoms with Gasteiger partial charge in [-0.2, -0.15) is 0 Å². The molecule has 1 aromatic rings. The molecule has 0 aliphatic heterocycles. The van der Waals surface area contributed by atoms with Crippen LogP contribution in [-0.2, 0) is 4.79 Å². The van der Waals surface area contributed by atoms with Crippen molar-refractivity contribution in [3.8, 4) is 5.75 Å². The summed E-state index contributed by atoms with van der Waals surface area (Å²) in [6.45, 7) is 6.07. The molecule has 0 aliphatic carbocycles. The quantitative estimate of drug-likeness (QED) is 0.613. The fourth-order valence-corrected chi connectivity index (χ4v) is 2.06. The average Bonchev–Trinajstić information content (AvgIpc) is 2.49. The molecule has 118 valence electrons. The molecule has 0 bridgehead atoms. The number of hydrogen-bond donors (Lipinski definition) is 2. The number of hydrogen-bond acceptors (Lipinski definition) is 3. The Morgan fingerprint density at radius 1 is 1.05 bits per heavy atom. The van der Waals surface area contributed by atoms with E-state index in [0.29, 0.717) is 13.2 Å². The van der Waals surface area contributed by atoms with Crippen LogP contribution in [0.1, 0.15) is 46.0 Å². The van der Waals surface area contributed by atoms with Crippen LogP contribution in [0.4, 0.5) is 5.69 Å². The van der Waals surface area contributed by atoms with Gasteiger partial charge in [-0.25, -0.2) is 0 Å². The second kappa shape index (κ2) is 11.1. The predicted octanol–water partition coefficient (Wildman–Crippen LogP) is 3.58. The van der Waals surface area contributed by atoms with Gasteiger partial charge in [0, 0.05) is 5.69 Å². The first-order chi connectivity index (χ1) is 10.3. The van der Waals surface area contributed by atoms with E-state index in [1.807, 2.05) is 31.2 Å². The molecule has 4 heteroatoms. The molecule has 21 heavy (non-hydrogen) atoms. The molecule has 0 saturated carbocycles. The number of unbranched alkanes of at least 4 members (excludes halogenated alkanes) is 4. The topological polar surface area (TPSA) is 50.4 Å². The Labute approximate surface area is 128 Å². The molecule has 0 saturated heterocycles. The molecular weight excluding hydrogens is 264 g/mol. The van der Waals surface area contributed by atoms with Crippen LogP contribution in [0.25, 0.3) is 0 Å². The summed E-state index contributed by atoms with van der Waals surface area (Å²) in [5, 5.41) is 6.04. The van der Waals surface area contributed by atoms with Crippen LogP contribution in [0.2, 0.25) is 0 Å². The second-order valence-corrected chi connectivity index (χ2v) is 5.10. The van der Waals surface area contributed by atoms with Gasteiger partial charge in [0.1, 0.15) is 5.75 Å². The fourth-order valence-electron chi connectivity index (χ4n) is 2.06. The zero-order chi connectivity index (χ0) is 15.3. The maximum atomic E-state index is 11.8. The van der Waals surface area contributed by atoms with Crippen molar-refractivity contribution in [2.45, 2.75) is 46.0 Å². The summed E-state index contributed by atoms with van der Waals surface area (Å²) < 4.78 is 5.36. The first-order valence-corrected chi connectivity index (χ1v) is 7.99. The molecule has 1 aromatic carbocycles. The van der Waals surface area contributed by atoms with Crippen molar-refractivity contribution in [3.05, 3.63) is 24.3 Å². The summed E-state index contributed by atoms with van der Waals surface area (Å²) in [4.78, 5) is 11.8. The Kier molecular flexibility index (Phi) is 9.29. The van der Waals surface area contributed by atoms with Crippen LogP contribution in [0.5, 0.6) is 5.75 Å². The van der Waals surface area contributed by atoms with E-state index in [-0.39, 0.29) is 5.91 Å². The summed E-state index contributed by atoms with van der Waals surface area (Å²) in [6.07, 6.45) is 6.23. The van der Waals surface area contributed by atoms with Crippen LogP contribution in [0.3, 0.4) is 0 Å². The molecule has 0 atom stereocenters. The molecule has 0 fully saturated rings. The van der Waals surface area contributed by atoms with Crippen LogP contribution in [-0.4, -0.2) is 25.6 Å². The molecule has 0 unspecified atom stereocenters. The average molecular weight is 292 g/mol. The van der Waals surface area contributed by atoms with Gasteiger partial charge >= 0.3 is 0 Å². The highest BCUT2D eigenvalue weighted by Gasteiger charge is 2.02. The van der Waals surface area contributed by atoms with Crippen molar-refractivity contribution in [3.63, 3.8) is 0 Å². The standard InChI is InChI=1S/C17H28N2O2/c1-3-5-6-7-8-13-18-14-17(20)19-15-9-11-16(12-10-15)21-4-2/h9-12,18H,3-8,13-14H2,1-2H3,(H,19,20). The zero-order valence-corrected chi connectivity index (χ0v) is 13.3. The third kappa shape index (κ3) is 8.35. The number of anilines is 1. The Hall–Kier alpha value is -1.55. The Morgan fingerprint density at radius 3 is 2.43 bits per heavy atom. The first kappa shape index (κ1) is 17.5. The van der Waals surface area contributed by atoms with Gasteiger partial charge in [0.05, 0.1) is 13.2 Å². The molecule has 1 amide bonds. The summed E-state index contributed by atoms with van der Waals surface area (Å²) in [5.74, 6) is 0.813. The minimum Gasteiger partial charge on any atom is -0.494 e. The number of ether oxygens (including phenoxy) is 1. The number of benzene rings is 1. The number of rotatable bonds is 11. The Bertz CT molecular complexity index is 390. The van der Waals surface area contributed by atoms with Gasteiger partial charge in [-0.3, -0.25) is 4.79 Å². The second-order valence-electron chi connectivity index (χ2n) is 5.10. The van der Waals surface area contributed by atoms with Crippen molar-refractivity contribution >= 4 is 11.6 Å². The SMILES string of the molecule is CCCCCCCNCC(=O)Nc1ccc(OCC)cc1. The summed E-state index contributed by atoms with van der Waals surface area (Å²) in [7, 11) is 0. The van der Waals surface area contributed by atoms with E-state index in [4.69, 9.17) is 4.74 Å². The third-order valence-corrected chi connectivity index (χ3v) is 3.19. The summed E-state index contributed by atoms with van der Waals surface area (Å²) in [5.41, 5.74) is 0.799. The molecule has 1 rings (SSSR count). The minimum atomic E-state index is -0.00674. The largest absolute Gasteiger partial charge is 0.494 e. The molecule has 0 heterocycles. The van der Waals surface area contributed by atoms with Crippen molar-refractivity contribution < 1.29 is 9.53 Å². The fraction of sp³-hybridized carbons (Fsp3) is 0.588. The van der Waals surface area contributed by atoms with Gasteiger partial charge in [0.2, 0.25) is 5.91 Å². The lowest BCUT2D eigenvalue weighted by atomic mass is 10.1. The number of amides is 1. The van der Waals surface area contributed by atoms with Gasteiger partial charge in [0.15, 0.2) is 0 Å². The normalized spacial score (nSPS) is 10.4.